The number of carbonyl (C=O) groups excluding carboxylic acids is 2. The van der Waals surface area contributed by atoms with Crippen LogP contribution in [0.4, 0.5) is 0 Å². The second-order valence-electron chi connectivity index (χ2n) is 8.67. The number of amides is 2. The summed E-state index contributed by atoms with van der Waals surface area (Å²) in [7, 11) is 0. The smallest absolute Gasteiger partial charge is 0.246 e. The number of piperidine rings is 1. The summed E-state index contributed by atoms with van der Waals surface area (Å²) in [4.78, 5) is 30.6. The van der Waals surface area contributed by atoms with Gasteiger partial charge in [-0.2, -0.15) is 0 Å². The van der Waals surface area contributed by atoms with Gasteiger partial charge in [0.25, 0.3) is 0 Å². The predicted molar refractivity (Wildman–Crippen MR) is 126 cm³/mol. The van der Waals surface area contributed by atoms with Crippen LogP contribution in [0.3, 0.4) is 0 Å². The van der Waals surface area contributed by atoms with E-state index in [4.69, 9.17) is 23.2 Å². The fourth-order valence-corrected chi connectivity index (χ4v) is 4.47. The van der Waals surface area contributed by atoms with E-state index in [-0.39, 0.29) is 36.8 Å². The summed E-state index contributed by atoms with van der Waals surface area (Å²) < 4.78 is 0. The Morgan fingerprint density at radius 2 is 1.97 bits per heavy atom. The zero-order valence-corrected chi connectivity index (χ0v) is 19.8. The molecule has 2 N–H and O–H groups in total. The van der Waals surface area contributed by atoms with E-state index < -0.39 is 6.10 Å². The van der Waals surface area contributed by atoms with Crippen molar-refractivity contribution in [1.82, 2.24) is 14.7 Å². The summed E-state index contributed by atoms with van der Waals surface area (Å²) >= 11 is 11.9. The van der Waals surface area contributed by atoms with Crippen molar-refractivity contribution in [2.75, 3.05) is 45.8 Å². The number of aliphatic hydroxyl groups excluding tert-OH is 2. The molecule has 3 rings (SSSR count). The molecule has 3 atom stereocenters. The van der Waals surface area contributed by atoms with Crippen LogP contribution in [0.15, 0.2) is 24.3 Å². The lowest BCUT2D eigenvalue weighted by Gasteiger charge is -2.36. The van der Waals surface area contributed by atoms with Crippen molar-refractivity contribution in [3.05, 3.63) is 39.9 Å². The lowest BCUT2D eigenvalue weighted by molar-refractivity contribution is -0.132. The monoisotopic (exact) mass is 483 g/mol. The number of β-amino-alcohol motifs (C(OH)–C–C–N with tert-alkyl or cyclic N) is 1. The van der Waals surface area contributed by atoms with Gasteiger partial charge in [0.15, 0.2) is 0 Å². The molecule has 0 radical (unpaired) electrons. The first-order chi connectivity index (χ1) is 15.2. The van der Waals surface area contributed by atoms with E-state index in [1.807, 2.05) is 6.92 Å². The van der Waals surface area contributed by atoms with Gasteiger partial charge in [0.2, 0.25) is 11.8 Å². The highest BCUT2D eigenvalue weighted by atomic mass is 35.5. The number of rotatable bonds is 6. The average Bonchev–Trinajstić information content (AvgIpc) is 2.93. The molecule has 2 aliphatic heterocycles. The number of nitrogens with zero attached hydrogens (tertiary/aromatic N) is 3. The molecule has 1 unspecified atom stereocenters. The Labute approximate surface area is 199 Å². The molecule has 2 aliphatic rings. The third kappa shape index (κ3) is 6.93. The highest BCUT2D eigenvalue weighted by Gasteiger charge is 2.28. The van der Waals surface area contributed by atoms with Gasteiger partial charge in [-0.25, -0.2) is 0 Å². The summed E-state index contributed by atoms with van der Waals surface area (Å²) in [6.45, 7) is 5.33. The lowest BCUT2D eigenvalue weighted by atomic mass is 9.96. The van der Waals surface area contributed by atoms with Gasteiger partial charge in [0.1, 0.15) is 0 Å². The standard InChI is InChI=1S/C23H31Cl2N3O4/c1-16-13-26(8-6-21(16)30)14-18(29)15-28-11-10-27(9-7-23(28)32)22(31)5-3-17-2-4-19(24)20(25)12-17/h2-5,12,16,18,21,29-30H,6-11,13-15H2,1H3/b5-3+/t16-,18?,21+/m0/s1. The van der Waals surface area contributed by atoms with Crippen LogP contribution < -0.4 is 0 Å². The van der Waals surface area contributed by atoms with Crippen LogP contribution in [0.5, 0.6) is 0 Å². The molecule has 2 amide bonds. The van der Waals surface area contributed by atoms with Gasteiger partial charge in [-0.3, -0.25) is 9.59 Å². The molecule has 0 aliphatic carbocycles. The molecule has 2 fully saturated rings. The number of halogens is 2. The van der Waals surface area contributed by atoms with E-state index in [1.165, 1.54) is 6.08 Å². The number of benzene rings is 1. The molecule has 0 aromatic heterocycles. The van der Waals surface area contributed by atoms with Crippen LogP contribution in [0.25, 0.3) is 6.08 Å². The molecular formula is C23H31Cl2N3O4. The second-order valence-corrected chi connectivity index (χ2v) is 9.48. The first-order valence-corrected chi connectivity index (χ1v) is 11.8. The van der Waals surface area contributed by atoms with E-state index >= 15 is 0 Å². The Hall–Kier alpha value is -1.64. The van der Waals surface area contributed by atoms with Gasteiger partial charge < -0.3 is 24.9 Å². The molecule has 0 saturated carbocycles. The molecule has 2 heterocycles. The number of hydrogen-bond acceptors (Lipinski definition) is 5. The number of aliphatic hydroxyl groups is 2. The van der Waals surface area contributed by atoms with Gasteiger partial charge in [-0.05, 0) is 36.1 Å². The van der Waals surface area contributed by atoms with Crippen LogP contribution in [-0.4, -0.2) is 94.7 Å². The quantitative estimate of drug-likeness (QED) is 0.605. The maximum Gasteiger partial charge on any atom is 0.246 e. The van der Waals surface area contributed by atoms with Gasteiger partial charge in [-0.15, -0.1) is 0 Å². The van der Waals surface area contributed by atoms with Gasteiger partial charge in [0, 0.05) is 58.3 Å². The Balaban J connectivity index is 1.50. The number of hydrogen-bond donors (Lipinski definition) is 2. The predicted octanol–water partition coefficient (Wildman–Crippen LogP) is 2.13. The molecule has 1 aromatic rings. The minimum atomic E-state index is -0.668. The molecule has 0 bridgehead atoms. The minimum Gasteiger partial charge on any atom is -0.393 e. The lowest BCUT2D eigenvalue weighted by Crippen LogP contribution is -2.48. The Kier molecular flexibility index (Phi) is 8.96. The number of likely N-dealkylation sites (tertiary alicyclic amines) is 1. The van der Waals surface area contributed by atoms with Gasteiger partial charge in [-0.1, -0.05) is 36.2 Å². The molecular weight excluding hydrogens is 453 g/mol. The van der Waals surface area contributed by atoms with Crippen molar-refractivity contribution in [3.8, 4) is 0 Å². The fraction of sp³-hybridized carbons (Fsp3) is 0.565. The molecule has 176 valence electrons. The number of carbonyl (C=O) groups is 2. The zero-order valence-electron chi connectivity index (χ0n) is 18.3. The molecule has 32 heavy (non-hydrogen) atoms. The summed E-state index contributed by atoms with van der Waals surface area (Å²) in [6.07, 6.45) is 3.12. The van der Waals surface area contributed by atoms with E-state index in [0.717, 1.165) is 18.7 Å². The largest absolute Gasteiger partial charge is 0.393 e. The van der Waals surface area contributed by atoms with Crippen molar-refractivity contribution in [2.45, 2.75) is 32.0 Å². The van der Waals surface area contributed by atoms with E-state index in [2.05, 4.69) is 4.90 Å². The first-order valence-electron chi connectivity index (χ1n) is 11.0. The van der Waals surface area contributed by atoms with Crippen LogP contribution in [0.2, 0.25) is 10.0 Å². The Bertz CT molecular complexity index is 851. The minimum absolute atomic E-state index is 0.0600. The molecule has 9 heteroatoms. The zero-order chi connectivity index (χ0) is 23.3. The highest BCUT2D eigenvalue weighted by molar-refractivity contribution is 6.42. The van der Waals surface area contributed by atoms with E-state index in [9.17, 15) is 19.8 Å². The SMILES string of the molecule is C[C@H]1CN(CC(O)CN2CCN(C(=O)/C=C/c3ccc(Cl)c(Cl)c3)CCC2=O)CC[C@H]1O. The summed E-state index contributed by atoms with van der Waals surface area (Å²) in [5.41, 5.74) is 0.767. The van der Waals surface area contributed by atoms with Crippen molar-refractivity contribution in [2.24, 2.45) is 5.92 Å². The third-order valence-electron chi connectivity index (χ3n) is 6.11. The third-order valence-corrected chi connectivity index (χ3v) is 6.85. The topological polar surface area (TPSA) is 84.3 Å². The van der Waals surface area contributed by atoms with Crippen molar-refractivity contribution >= 4 is 41.1 Å². The van der Waals surface area contributed by atoms with Gasteiger partial charge in [0.05, 0.1) is 22.3 Å². The van der Waals surface area contributed by atoms with Crippen molar-refractivity contribution in [1.29, 1.82) is 0 Å². The molecule has 0 spiro atoms. The van der Waals surface area contributed by atoms with Gasteiger partial charge >= 0.3 is 0 Å². The normalized spacial score (nSPS) is 24.1. The molecule has 2 saturated heterocycles. The average molecular weight is 484 g/mol. The van der Waals surface area contributed by atoms with E-state index in [1.54, 1.807) is 34.1 Å². The maximum atomic E-state index is 12.6. The Morgan fingerprint density at radius 1 is 1.19 bits per heavy atom. The van der Waals surface area contributed by atoms with Crippen LogP contribution in [0.1, 0.15) is 25.3 Å². The van der Waals surface area contributed by atoms with Crippen LogP contribution in [-0.2, 0) is 9.59 Å². The summed E-state index contributed by atoms with van der Waals surface area (Å²) in [6, 6.07) is 5.14. The highest BCUT2D eigenvalue weighted by Crippen LogP contribution is 2.23. The van der Waals surface area contributed by atoms with Crippen LogP contribution in [0, 0.1) is 5.92 Å². The fourth-order valence-electron chi connectivity index (χ4n) is 4.16. The van der Waals surface area contributed by atoms with Crippen LogP contribution >= 0.6 is 23.2 Å². The summed E-state index contributed by atoms with van der Waals surface area (Å²) in [5.74, 6) is -0.0605. The van der Waals surface area contributed by atoms with E-state index in [0.29, 0.717) is 42.6 Å². The molecule has 7 nitrogen and oxygen atoms in total. The Morgan fingerprint density at radius 3 is 2.69 bits per heavy atom. The van der Waals surface area contributed by atoms with Crippen molar-refractivity contribution < 1.29 is 19.8 Å². The second kappa shape index (κ2) is 11.5. The summed E-state index contributed by atoms with van der Waals surface area (Å²) in [5, 5.41) is 21.3. The molecule has 1 aromatic carbocycles. The maximum absolute atomic E-state index is 12.6. The first kappa shape index (κ1) is 25.0. The van der Waals surface area contributed by atoms with Crippen molar-refractivity contribution in [3.63, 3.8) is 0 Å².